The summed E-state index contributed by atoms with van der Waals surface area (Å²) < 4.78 is 3.11. The minimum absolute atomic E-state index is 0.171. The van der Waals surface area contributed by atoms with E-state index in [4.69, 9.17) is 5.73 Å². The molecule has 0 saturated carbocycles. The Labute approximate surface area is 135 Å². The van der Waals surface area contributed by atoms with E-state index in [9.17, 15) is 0 Å². The van der Waals surface area contributed by atoms with Crippen LogP contribution in [0.5, 0.6) is 0 Å². The fourth-order valence-corrected chi connectivity index (χ4v) is 2.79. The molecule has 0 bridgehead atoms. The molecule has 1 atom stereocenters. The maximum atomic E-state index is 5.99. The lowest BCUT2D eigenvalue weighted by Gasteiger charge is -2.26. The lowest BCUT2D eigenvalue weighted by atomic mass is 10.1. The Morgan fingerprint density at radius 3 is 2.62 bits per heavy atom. The summed E-state index contributed by atoms with van der Waals surface area (Å²) in [4.78, 5) is 2.27. The van der Waals surface area contributed by atoms with Gasteiger partial charge in [0.15, 0.2) is 0 Å². The molecule has 0 aliphatic heterocycles. The zero-order valence-corrected chi connectivity index (χ0v) is 14.4. The highest BCUT2D eigenvalue weighted by molar-refractivity contribution is 9.10. The average molecular weight is 351 g/mol. The van der Waals surface area contributed by atoms with Crippen molar-refractivity contribution in [3.8, 4) is 0 Å². The van der Waals surface area contributed by atoms with Crippen LogP contribution in [0, 0.1) is 0 Å². The molecular weight excluding hydrogens is 328 g/mol. The van der Waals surface area contributed by atoms with Crippen molar-refractivity contribution in [3.05, 3.63) is 52.3 Å². The van der Waals surface area contributed by atoms with E-state index in [1.807, 2.05) is 16.9 Å². The topological polar surface area (TPSA) is 47.1 Å². The molecule has 21 heavy (non-hydrogen) atoms. The summed E-state index contributed by atoms with van der Waals surface area (Å²) in [5, 5.41) is 4.42. The van der Waals surface area contributed by atoms with Gasteiger partial charge in [0.25, 0.3) is 0 Å². The standard InChI is InChI=1S/C16H23BrN4/c1-12(2)21-11-14(9-19-21)16(8-18)20(3)10-13-6-4-5-7-15(13)17/h4-7,9,11-12,16H,8,10,18H2,1-3H3. The third kappa shape index (κ3) is 3.93. The zero-order valence-electron chi connectivity index (χ0n) is 12.8. The normalized spacial score (nSPS) is 13.1. The van der Waals surface area contributed by atoms with Gasteiger partial charge in [0.05, 0.1) is 12.2 Å². The fraction of sp³-hybridized carbons (Fsp3) is 0.438. The maximum absolute atomic E-state index is 5.99. The fourth-order valence-electron chi connectivity index (χ4n) is 2.38. The van der Waals surface area contributed by atoms with Crippen LogP contribution in [0.25, 0.3) is 0 Å². The first-order chi connectivity index (χ1) is 10.0. The van der Waals surface area contributed by atoms with Crippen LogP contribution >= 0.6 is 15.9 Å². The van der Waals surface area contributed by atoms with Crippen molar-refractivity contribution in [2.75, 3.05) is 13.6 Å². The molecule has 2 aromatic rings. The lowest BCUT2D eigenvalue weighted by molar-refractivity contribution is 0.241. The van der Waals surface area contributed by atoms with Gasteiger partial charge in [-0.05, 0) is 32.5 Å². The first kappa shape index (κ1) is 16.2. The van der Waals surface area contributed by atoms with E-state index >= 15 is 0 Å². The smallest absolute Gasteiger partial charge is 0.0538 e. The SMILES string of the molecule is CC(C)n1cc(C(CN)N(C)Cc2ccccc2Br)cn1. The van der Waals surface area contributed by atoms with Crippen molar-refractivity contribution in [1.29, 1.82) is 0 Å². The summed E-state index contributed by atoms with van der Waals surface area (Å²) in [6, 6.07) is 8.82. The number of aromatic nitrogens is 2. The summed E-state index contributed by atoms with van der Waals surface area (Å²) >= 11 is 3.60. The van der Waals surface area contributed by atoms with Crippen molar-refractivity contribution in [2.24, 2.45) is 5.73 Å². The second kappa shape index (κ2) is 7.20. The molecule has 1 aromatic carbocycles. The number of nitrogens with zero attached hydrogens (tertiary/aromatic N) is 3. The minimum Gasteiger partial charge on any atom is -0.329 e. The third-order valence-electron chi connectivity index (χ3n) is 3.67. The molecule has 114 valence electrons. The molecule has 0 aliphatic rings. The van der Waals surface area contributed by atoms with Crippen LogP contribution in [0.3, 0.4) is 0 Å². The summed E-state index contributed by atoms with van der Waals surface area (Å²) in [6.45, 7) is 5.67. The number of hydrogen-bond donors (Lipinski definition) is 1. The molecule has 2 rings (SSSR count). The Morgan fingerprint density at radius 1 is 1.33 bits per heavy atom. The molecule has 0 radical (unpaired) electrons. The highest BCUT2D eigenvalue weighted by Crippen LogP contribution is 2.24. The molecule has 5 heteroatoms. The Balaban J connectivity index is 2.14. The number of benzene rings is 1. The molecule has 1 heterocycles. The van der Waals surface area contributed by atoms with Crippen molar-refractivity contribution in [2.45, 2.75) is 32.5 Å². The Bertz CT molecular complexity index is 579. The van der Waals surface area contributed by atoms with Gasteiger partial charge in [-0.15, -0.1) is 0 Å². The van der Waals surface area contributed by atoms with Gasteiger partial charge in [0.1, 0.15) is 0 Å². The van der Waals surface area contributed by atoms with Gasteiger partial charge in [-0.1, -0.05) is 34.1 Å². The quantitative estimate of drug-likeness (QED) is 0.868. The number of hydrogen-bond acceptors (Lipinski definition) is 3. The zero-order chi connectivity index (χ0) is 15.4. The first-order valence-corrected chi connectivity index (χ1v) is 8.00. The number of rotatable bonds is 6. The van der Waals surface area contributed by atoms with Crippen molar-refractivity contribution >= 4 is 15.9 Å². The second-order valence-corrected chi connectivity index (χ2v) is 6.46. The number of likely N-dealkylation sites (N-methyl/N-ethyl adjacent to an activating group) is 1. The van der Waals surface area contributed by atoms with Gasteiger partial charge in [-0.25, -0.2) is 0 Å². The summed E-state index contributed by atoms with van der Waals surface area (Å²) in [5.74, 6) is 0. The molecule has 4 nitrogen and oxygen atoms in total. The van der Waals surface area contributed by atoms with Gasteiger partial charge in [0, 0.05) is 35.4 Å². The summed E-state index contributed by atoms with van der Waals surface area (Å²) in [5.41, 5.74) is 8.42. The molecule has 1 unspecified atom stereocenters. The van der Waals surface area contributed by atoms with E-state index in [1.165, 1.54) is 11.1 Å². The van der Waals surface area contributed by atoms with E-state index in [0.29, 0.717) is 12.6 Å². The van der Waals surface area contributed by atoms with Gasteiger partial charge >= 0.3 is 0 Å². The molecule has 1 aromatic heterocycles. The lowest BCUT2D eigenvalue weighted by Crippen LogP contribution is -2.30. The summed E-state index contributed by atoms with van der Waals surface area (Å²) in [7, 11) is 2.10. The molecule has 0 fully saturated rings. The van der Waals surface area contributed by atoms with E-state index in [2.05, 4.69) is 71.2 Å². The molecule has 0 aliphatic carbocycles. The molecule has 0 spiro atoms. The highest BCUT2D eigenvalue weighted by Gasteiger charge is 2.18. The van der Waals surface area contributed by atoms with Crippen LogP contribution in [0.1, 0.15) is 37.1 Å². The van der Waals surface area contributed by atoms with E-state index in [1.54, 1.807) is 0 Å². The minimum atomic E-state index is 0.171. The van der Waals surface area contributed by atoms with E-state index in [-0.39, 0.29) is 6.04 Å². The molecular formula is C16H23BrN4. The predicted molar refractivity (Wildman–Crippen MR) is 90.0 cm³/mol. The van der Waals surface area contributed by atoms with Gasteiger partial charge in [-0.3, -0.25) is 9.58 Å². The van der Waals surface area contributed by atoms with Crippen molar-refractivity contribution < 1.29 is 0 Å². The predicted octanol–water partition coefficient (Wildman–Crippen LogP) is 3.36. The van der Waals surface area contributed by atoms with Gasteiger partial charge in [0.2, 0.25) is 0 Å². The van der Waals surface area contributed by atoms with Crippen LogP contribution < -0.4 is 5.73 Å². The summed E-state index contributed by atoms with van der Waals surface area (Å²) in [6.07, 6.45) is 4.02. The van der Waals surface area contributed by atoms with Crippen LogP contribution in [0.2, 0.25) is 0 Å². The largest absolute Gasteiger partial charge is 0.329 e. The molecule has 0 saturated heterocycles. The maximum Gasteiger partial charge on any atom is 0.0538 e. The Hall–Kier alpha value is -1.17. The first-order valence-electron chi connectivity index (χ1n) is 7.20. The number of nitrogens with two attached hydrogens (primary N) is 1. The van der Waals surface area contributed by atoms with Crippen molar-refractivity contribution in [3.63, 3.8) is 0 Å². The van der Waals surface area contributed by atoms with E-state index < -0.39 is 0 Å². The Kier molecular flexibility index (Phi) is 5.56. The van der Waals surface area contributed by atoms with Gasteiger partial charge < -0.3 is 5.73 Å². The second-order valence-electron chi connectivity index (χ2n) is 5.61. The monoisotopic (exact) mass is 350 g/mol. The van der Waals surface area contributed by atoms with E-state index in [0.717, 1.165) is 11.0 Å². The molecule has 0 amide bonds. The average Bonchev–Trinajstić information content (AvgIpc) is 2.92. The highest BCUT2D eigenvalue weighted by atomic mass is 79.9. The third-order valence-corrected chi connectivity index (χ3v) is 4.44. The van der Waals surface area contributed by atoms with Crippen molar-refractivity contribution in [1.82, 2.24) is 14.7 Å². The van der Waals surface area contributed by atoms with Crippen LogP contribution in [0.4, 0.5) is 0 Å². The molecule has 2 N–H and O–H groups in total. The van der Waals surface area contributed by atoms with Crippen LogP contribution in [-0.2, 0) is 6.54 Å². The van der Waals surface area contributed by atoms with Crippen LogP contribution in [-0.4, -0.2) is 28.3 Å². The number of halogens is 1. The van der Waals surface area contributed by atoms with Crippen LogP contribution in [0.15, 0.2) is 41.1 Å². The van der Waals surface area contributed by atoms with Gasteiger partial charge in [-0.2, -0.15) is 5.10 Å². The Morgan fingerprint density at radius 2 is 2.05 bits per heavy atom.